The van der Waals surface area contributed by atoms with E-state index in [9.17, 15) is 15.0 Å². The number of nitrogens with zero attached hydrogens (tertiary/aromatic N) is 4. The number of aryl methyl sites for hydroxylation is 1. The second kappa shape index (κ2) is 9.12. The summed E-state index contributed by atoms with van der Waals surface area (Å²) in [6.45, 7) is 8.29. The standard InChI is InChI=1S/C25H30N4O3.H2/c1-16(2)14-22(31)25(32)29-12-10-28(11-13-29)24-18-9-8-17(3)15-20(18)26-23(27-24)19-6-4-5-7-21(19)30;/h4-9,15-16,22,30-31H,10-14H2,1-3H3;1H. The minimum Gasteiger partial charge on any atom is -0.507 e. The fraction of sp³-hybridized carbons (Fsp3) is 0.400. The van der Waals surface area contributed by atoms with Crippen molar-refractivity contribution in [3.8, 4) is 17.1 Å². The van der Waals surface area contributed by atoms with Gasteiger partial charge in [0.1, 0.15) is 17.7 Å². The first-order chi connectivity index (χ1) is 15.3. The van der Waals surface area contributed by atoms with Crippen molar-refractivity contribution in [1.82, 2.24) is 14.9 Å². The molecule has 0 spiro atoms. The molecule has 1 fully saturated rings. The molecule has 32 heavy (non-hydrogen) atoms. The van der Waals surface area contributed by atoms with E-state index in [0.29, 0.717) is 44.0 Å². The van der Waals surface area contributed by atoms with Gasteiger partial charge in [0, 0.05) is 33.0 Å². The maximum atomic E-state index is 12.6. The predicted octanol–water partition coefficient (Wildman–Crippen LogP) is 3.61. The average molecular weight is 437 g/mol. The molecule has 7 nitrogen and oxygen atoms in total. The molecular weight excluding hydrogens is 404 g/mol. The van der Waals surface area contributed by atoms with E-state index in [1.54, 1.807) is 17.0 Å². The van der Waals surface area contributed by atoms with Crippen molar-refractivity contribution in [2.45, 2.75) is 33.3 Å². The summed E-state index contributed by atoms with van der Waals surface area (Å²) >= 11 is 0. The highest BCUT2D eigenvalue weighted by molar-refractivity contribution is 5.92. The van der Waals surface area contributed by atoms with Crippen LogP contribution in [0.4, 0.5) is 5.82 Å². The Morgan fingerprint density at radius 2 is 1.81 bits per heavy atom. The zero-order valence-corrected chi connectivity index (χ0v) is 18.8. The molecule has 0 bridgehead atoms. The summed E-state index contributed by atoms with van der Waals surface area (Å²) < 4.78 is 0. The van der Waals surface area contributed by atoms with E-state index in [-0.39, 0.29) is 19.0 Å². The Labute approximate surface area is 189 Å². The van der Waals surface area contributed by atoms with Gasteiger partial charge >= 0.3 is 0 Å². The lowest BCUT2D eigenvalue weighted by atomic mass is 10.0. The molecule has 0 aliphatic carbocycles. The number of fused-ring (bicyclic) bond motifs is 1. The Balaban J connectivity index is 0.00000306. The number of rotatable bonds is 5. The Bertz CT molecular complexity index is 1130. The van der Waals surface area contributed by atoms with Crippen molar-refractivity contribution in [1.29, 1.82) is 0 Å². The number of aliphatic hydroxyl groups is 1. The number of piperazine rings is 1. The number of anilines is 1. The second-order valence-corrected chi connectivity index (χ2v) is 8.87. The van der Waals surface area contributed by atoms with Crippen LogP contribution in [0.2, 0.25) is 0 Å². The molecule has 2 N–H and O–H groups in total. The Kier molecular flexibility index (Phi) is 6.28. The van der Waals surface area contributed by atoms with Crippen LogP contribution in [0.15, 0.2) is 42.5 Å². The molecule has 1 aliphatic rings. The molecule has 4 rings (SSSR count). The number of aliphatic hydroxyl groups excluding tert-OH is 1. The number of phenolic OH excluding ortho intramolecular Hbond substituents is 1. The van der Waals surface area contributed by atoms with Gasteiger partial charge in [-0.3, -0.25) is 4.79 Å². The van der Waals surface area contributed by atoms with Crippen molar-refractivity contribution in [2.75, 3.05) is 31.1 Å². The number of carbonyl (C=O) groups excluding carboxylic acids is 1. The molecule has 2 aromatic carbocycles. The van der Waals surface area contributed by atoms with Crippen molar-refractivity contribution in [3.63, 3.8) is 0 Å². The second-order valence-electron chi connectivity index (χ2n) is 8.87. The summed E-state index contributed by atoms with van der Waals surface area (Å²) in [5.41, 5.74) is 2.50. The molecule has 1 atom stereocenters. The van der Waals surface area contributed by atoms with Crippen LogP contribution in [0.1, 0.15) is 27.3 Å². The lowest BCUT2D eigenvalue weighted by molar-refractivity contribution is -0.141. The van der Waals surface area contributed by atoms with Crippen LogP contribution in [-0.2, 0) is 4.79 Å². The highest BCUT2D eigenvalue weighted by atomic mass is 16.3. The monoisotopic (exact) mass is 436 g/mol. The molecule has 1 unspecified atom stereocenters. The number of hydrogen-bond acceptors (Lipinski definition) is 6. The molecule has 2 heterocycles. The number of aromatic hydroxyl groups is 1. The summed E-state index contributed by atoms with van der Waals surface area (Å²) in [7, 11) is 0. The molecule has 1 amide bonds. The number of carbonyl (C=O) groups is 1. The van der Waals surface area contributed by atoms with E-state index in [4.69, 9.17) is 9.97 Å². The molecule has 0 radical (unpaired) electrons. The first-order valence-corrected chi connectivity index (χ1v) is 11.1. The first-order valence-electron chi connectivity index (χ1n) is 11.1. The summed E-state index contributed by atoms with van der Waals surface area (Å²) in [5.74, 6) is 1.47. The van der Waals surface area contributed by atoms with E-state index >= 15 is 0 Å². The van der Waals surface area contributed by atoms with Crippen LogP contribution in [0.5, 0.6) is 5.75 Å². The Morgan fingerprint density at radius 3 is 2.50 bits per heavy atom. The van der Waals surface area contributed by atoms with Crippen molar-refractivity contribution >= 4 is 22.6 Å². The topological polar surface area (TPSA) is 89.8 Å². The van der Waals surface area contributed by atoms with Crippen LogP contribution < -0.4 is 4.90 Å². The van der Waals surface area contributed by atoms with Gasteiger partial charge in [-0.25, -0.2) is 9.97 Å². The lowest BCUT2D eigenvalue weighted by Crippen LogP contribution is -2.52. The van der Waals surface area contributed by atoms with Gasteiger partial charge in [0.15, 0.2) is 5.82 Å². The average Bonchev–Trinajstić information content (AvgIpc) is 2.77. The normalized spacial score (nSPS) is 15.4. The molecule has 1 aliphatic heterocycles. The van der Waals surface area contributed by atoms with Gasteiger partial charge in [0.25, 0.3) is 5.91 Å². The molecule has 1 aromatic heterocycles. The van der Waals surface area contributed by atoms with E-state index in [1.165, 1.54) is 0 Å². The number of para-hydroxylation sites is 1. The number of benzene rings is 2. The van der Waals surface area contributed by atoms with Crippen LogP contribution in [0, 0.1) is 12.8 Å². The van der Waals surface area contributed by atoms with Crippen molar-refractivity contribution in [2.24, 2.45) is 5.92 Å². The number of aromatic nitrogens is 2. The van der Waals surface area contributed by atoms with Crippen LogP contribution >= 0.6 is 0 Å². The highest BCUT2D eigenvalue weighted by Gasteiger charge is 2.28. The molecule has 3 aromatic rings. The number of phenols is 1. The maximum Gasteiger partial charge on any atom is 0.251 e. The van der Waals surface area contributed by atoms with Crippen LogP contribution in [0.3, 0.4) is 0 Å². The molecular formula is C25H32N4O3. The smallest absolute Gasteiger partial charge is 0.251 e. The third-order valence-corrected chi connectivity index (χ3v) is 5.85. The van der Waals surface area contributed by atoms with Crippen molar-refractivity contribution in [3.05, 3.63) is 48.0 Å². The van der Waals surface area contributed by atoms with E-state index < -0.39 is 6.10 Å². The van der Waals surface area contributed by atoms with E-state index in [0.717, 1.165) is 22.3 Å². The van der Waals surface area contributed by atoms with Gasteiger partial charge in [0.05, 0.1) is 11.1 Å². The zero-order chi connectivity index (χ0) is 22.8. The lowest BCUT2D eigenvalue weighted by Gasteiger charge is -2.37. The van der Waals surface area contributed by atoms with Gasteiger partial charge in [-0.2, -0.15) is 0 Å². The fourth-order valence-electron chi connectivity index (χ4n) is 4.14. The SMILES string of the molecule is Cc1ccc2c(N3CCN(C(=O)C(O)CC(C)C)CC3)nc(-c3ccccc3O)nc2c1.[HH]. The van der Waals surface area contributed by atoms with Gasteiger partial charge in [-0.05, 0) is 49.1 Å². The summed E-state index contributed by atoms with van der Waals surface area (Å²) in [4.78, 5) is 26.1. The minimum atomic E-state index is -0.947. The van der Waals surface area contributed by atoms with Gasteiger partial charge in [-0.1, -0.05) is 32.0 Å². The largest absolute Gasteiger partial charge is 0.507 e. The van der Waals surface area contributed by atoms with E-state index in [1.807, 2.05) is 51.1 Å². The fourth-order valence-corrected chi connectivity index (χ4v) is 4.14. The summed E-state index contributed by atoms with van der Waals surface area (Å²) in [6.07, 6.45) is -0.476. The minimum absolute atomic E-state index is 0. The Morgan fingerprint density at radius 1 is 1.09 bits per heavy atom. The van der Waals surface area contributed by atoms with Gasteiger partial charge in [0.2, 0.25) is 0 Å². The molecule has 0 saturated carbocycles. The van der Waals surface area contributed by atoms with E-state index in [2.05, 4.69) is 4.90 Å². The summed E-state index contributed by atoms with van der Waals surface area (Å²) in [6, 6.07) is 13.1. The van der Waals surface area contributed by atoms with Crippen LogP contribution in [0.25, 0.3) is 22.3 Å². The van der Waals surface area contributed by atoms with Gasteiger partial charge in [-0.15, -0.1) is 0 Å². The third kappa shape index (κ3) is 4.53. The zero-order valence-electron chi connectivity index (χ0n) is 18.8. The highest BCUT2D eigenvalue weighted by Crippen LogP contribution is 2.32. The number of amides is 1. The Hall–Kier alpha value is -3.19. The molecule has 1 saturated heterocycles. The van der Waals surface area contributed by atoms with Crippen molar-refractivity contribution < 1.29 is 16.4 Å². The molecule has 7 heteroatoms. The quantitative estimate of drug-likeness (QED) is 0.635. The third-order valence-electron chi connectivity index (χ3n) is 5.85. The van der Waals surface area contributed by atoms with Gasteiger partial charge < -0.3 is 20.0 Å². The summed E-state index contributed by atoms with van der Waals surface area (Å²) in [5, 5.41) is 21.5. The maximum absolute atomic E-state index is 12.6. The predicted molar refractivity (Wildman–Crippen MR) is 128 cm³/mol. The molecule has 170 valence electrons. The first kappa shape index (κ1) is 22.0. The number of hydrogen-bond donors (Lipinski definition) is 2. The van der Waals surface area contributed by atoms with Crippen LogP contribution in [-0.4, -0.2) is 63.3 Å².